The molecule has 0 N–H and O–H groups in total. The lowest BCUT2D eigenvalue weighted by molar-refractivity contribution is -0.169. The number of methoxy groups -OCH3 is 1. The minimum atomic E-state index is -1.49. The van der Waals surface area contributed by atoms with Crippen LogP contribution in [0, 0.1) is 5.92 Å². The maximum atomic E-state index is 13.8. The molecule has 2 unspecified atom stereocenters. The first-order valence-corrected chi connectivity index (χ1v) is 11.5. The first kappa shape index (κ1) is 26.5. The zero-order valence-corrected chi connectivity index (χ0v) is 21.2. The molecule has 0 spiro atoms. The number of likely N-dealkylation sites (N-methyl/N-ethyl adjacent to an activating group) is 1. The average molecular weight is 476 g/mol. The van der Waals surface area contributed by atoms with Gasteiger partial charge in [0, 0.05) is 17.3 Å². The van der Waals surface area contributed by atoms with E-state index in [2.05, 4.69) is 0 Å². The number of anilines is 1. The average Bonchev–Trinajstić information content (AvgIpc) is 2.77. The molecule has 0 aliphatic rings. The minimum absolute atomic E-state index is 0.162. The van der Waals surface area contributed by atoms with Crippen molar-refractivity contribution in [2.24, 2.45) is 5.92 Å². The Labute approximate surface area is 201 Å². The van der Waals surface area contributed by atoms with Gasteiger partial charge in [0.15, 0.2) is 5.54 Å². The van der Waals surface area contributed by atoms with E-state index >= 15 is 0 Å². The van der Waals surface area contributed by atoms with Crippen LogP contribution in [0.4, 0.5) is 5.69 Å². The van der Waals surface area contributed by atoms with E-state index in [4.69, 9.17) is 25.8 Å². The summed E-state index contributed by atoms with van der Waals surface area (Å²) in [4.78, 5) is 29.1. The van der Waals surface area contributed by atoms with Crippen LogP contribution in [0.2, 0.25) is 5.02 Å². The van der Waals surface area contributed by atoms with Gasteiger partial charge in [-0.3, -0.25) is 4.79 Å². The fraction of sp³-hybridized carbons (Fsp3) is 0.462. The zero-order valence-electron chi connectivity index (χ0n) is 20.5. The molecule has 180 valence electrons. The van der Waals surface area contributed by atoms with Crippen molar-refractivity contribution < 1.29 is 23.8 Å². The first-order valence-electron chi connectivity index (χ1n) is 11.1. The highest BCUT2D eigenvalue weighted by molar-refractivity contribution is 6.30. The van der Waals surface area contributed by atoms with Gasteiger partial charge in [0.25, 0.3) is 0 Å². The third-order valence-corrected chi connectivity index (χ3v) is 5.64. The van der Waals surface area contributed by atoms with Crippen LogP contribution in [0.1, 0.15) is 47.1 Å². The van der Waals surface area contributed by atoms with Crippen LogP contribution in [0.3, 0.4) is 0 Å². The van der Waals surface area contributed by atoms with Crippen molar-refractivity contribution in [1.29, 1.82) is 0 Å². The van der Waals surface area contributed by atoms with Gasteiger partial charge in [0.2, 0.25) is 0 Å². The number of rotatable bonds is 9. The van der Waals surface area contributed by atoms with Crippen molar-refractivity contribution in [2.45, 2.75) is 52.7 Å². The summed E-state index contributed by atoms with van der Waals surface area (Å²) in [5.74, 6) is -1.26. The van der Waals surface area contributed by atoms with Crippen molar-refractivity contribution in [1.82, 2.24) is 0 Å². The second kappa shape index (κ2) is 10.9. The summed E-state index contributed by atoms with van der Waals surface area (Å²) >= 11 is 6.16. The third kappa shape index (κ3) is 5.80. The number of carbonyl (C=O) groups is 2. The van der Waals surface area contributed by atoms with Crippen molar-refractivity contribution in [3.63, 3.8) is 0 Å². The quantitative estimate of drug-likeness (QED) is 0.439. The Morgan fingerprint density at radius 3 is 2.03 bits per heavy atom. The smallest absolute Gasteiger partial charge is 0.337 e. The molecule has 0 heterocycles. The molecule has 6 nitrogen and oxygen atoms in total. The van der Waals surface area contributed by atoms with Crippen LogP contribution in [-0.2, 0) is 24.6 Å². The zero-order chi connectivity index (χ0) is 24.8. The molecule has 0 bridgehead atoms. The monoisotopic (exact) mass is 475 g/mol. The summed E-state index contributed by atoms with van der Waals surface area (Å²) in [7, 11) is 1.59. The SMILES string of the molecule is CCOC(=O)C(c1ccc(Cl)cc1)(C(C)C(=O)OC(C)(C)C)N(CC)c1ccc(OC)cc1. The number of esters is 2. The van der Waals surface area contributed by atoms with Gasteiger partial charge in [0.1, 0.15) is 11.4 Å². The van der Waals surface area contributed by atoms with Crippen molar-refractivity contribution in [3.05, 3.63) is 59.1 Å². The van der Waals surface area contributed by atoms with Gasteiger partial charge in [-0.15, -0.1) is 0 Å². The Balaban J connectivity index is 2.82. The van der Waals surface area contributed by atoms with Gasteiger partial charge in [-0.1, -0.05) is 23.7 Å². The minimum Gasteiger partial charge on any atom is -0.497 e. The summed E-state index contributed by atoms with van der Waals surface area (Å²) < 4.78 is 16.6. The molecule has 0 fully saturated rings. The topological polar surface area (TPSA) is 65.1 Å². The van der Waals surface area contributed by atoms with Crippen molar-refractivity contribution >= 4 is 29.2 Å². The van der Waals surface area contributed by atoms with Gasteiger partial charge in [-0.25, -0.2) is 4.79 Å². The molecule has 2 aromatic rings. The summed E-state index contributed by atoms with van der Waals surface area (Å²) in [6.45, 7) is 11.3. The van der Waals surface area contributed by atoms with Gasteiger partial charge < -0.3 is 19.1 Å². The fourth-order valence-electron chi connectivity index (χ4n) is 3.95. The molecule has 2 atom stereocenters. The van der Waals surface area contributed by atoms with Crippen LogP contribution in [0.15, 0.2) is 48.5 Å². The van der Waals surface area contributed by atoms with E-state index in [1.165, 1.54) is 0 Å². The van der Waals surface area contributed by atoms with Gasteiger partial charge in [0.05, 0.1) is 19.6 Å². The molecule has 33 heavy (non-hydrogen) atoms. The number of hydrogen-bond donors (Lipinski definition) is 0. The van der Waals surface area contributed by atoms with Crippen molar-refractivity contribution in [2.75, 3.05) is 25.2 Å². The van der Waals surface area contributed by atoms with Crippen LogP contribution in [0.5, 0.6) is 5.75 Å². The number of hydrogen-bond acceptors (Lipinski definition) is 6. The number of benzene rings is 2. The molecule has 0 radical (unpaired) electrons. The Kier molecular flexibility index (Phi) is 8.78. The Hall–Kier alpha value is -2.73. The number of nitrogens with zero attached hydrogens (tertiary/aromatic N) is 1. The van der Waals surface area contributed by atoms with Crippen LogP contribution >= 0.6 is 11.6 Å². The summed E-state index contributed by atoms with van der Waals surface area (Å²) in [6.07, 6.45) is 0. The van der Waals surface area contributed by atoms with Crippen LogP contribution < -0.4 is 9.64 Å². The van der Waals surface area contributed by atoms with Crippen LogP contribution in [0.25, 0.3) is 0 Å². The standard InChI is InChI=1S/C26H34ClNO5/c1-8-28(21-14-16-22(31-7)17-15-21)26(24(30)32-9-2,19-10-12-20(27)13-11-19)18(3)23(29)33-25(4,5)6/h10-18H,8-9H2,1-7H3. The maximum absolute atomic E-state index is 13.8. The summed E-state index contributed by atoms with van der Waals surface area (Å²) in [6, 6.07) is 14.3. The van der Waals surface area contributed by atoms with E-state index in [1.54, 1.807) is 66.0 Å². The molecule has 0 saturated heterocycles. The summed E-state index contributed by atoms with van der Waals surface area (Å²) in [5, 5.41) is 0.522. The Morgan fingerprint density at radius 2 is 1.58 bits per heavy atom. The molecule has 0 aliphatic heterocycles. The lowest BCUT2D eigenvalue weighted by Gasteiger charge is -2.46. The number of ether oxygens (including phenoxy) is 3. The molecule has 0 amide bonds. The van der Waals surface area contributed by atoms with E-state index in [0.717, 1.165) is 5.69 Å². The molecular weight excluding hydrogens is 442 g/mol. The number of halogens is 1. The normalized spacial score (nSPS) is 14.1. The second-order valence-corrected chi connectivity index (χ2v) is 9.13. The molecular formula is C26H34ClNO5. The molecule has 0 aliphatic carbocycles. The summed E-state index contributed by atoms with van der Waals surface area (Å²) in [5.41, 5.74) is -0.895. The second-order valence-electron chi connectivity index (χ2n) is 8.69. The first-order chi connectivity index (χ1) is 15.5. The Morgan fingerprint density at radius 1 is 1.00 bits per heavy atom. The molecule has 2 aromatic carbocycles. The van der Waals surface area contributed by atoms with E-state index in [-0.39, 0.29) is 6.61 Å². The highest BCUT2D eigenvalue weighted by atomic mass is 35.5. The molecule has 2 rings (SSSR count). The van der Waals surface area contributed by atoms with E-state index < -0.39 is 29.0 Å². The van der Waals surface area contributed by atoms with Gasteiger partial charge in [-0.05, 0) is 83.5 Å². The largest absolute Gasteiger partial charge is 0.497 e. The fourth-order valence-corrected chi connectivity index (χ4v) is 4.07. The lowest BCUT2D eigenvalue weighted by atomic mass is 9.76. The predicted octanol–water partition coefficient (Wildman–Crippen LogP) is 5.61. The highest BCUT2D eigenvalue weighted by Crippen LogP contribution is 2.42. The lowest BCUT2D eigenvalue weighted by Crippen LogP contribution is -2.59. The van der Waals surface area contributed by atoms with E-state index in [9.17, 15) is 9.59 Å². The maximum Gasteiger partial charge on any atom is 0.337 e. The molecule has 0 aromatic heterocycles. The van der Waals surface area contributed by atoms with Crippen molar-refractivity contribution in [3.8, 4) is 5.75 Å². The molecule has 0 saturated carbocycles. The Bertz CT molecular complexity index is 937. The predicted molar refractivity (Wildman–Crippen MR) is 131 cm³/mol. The van der Waals surface area contributed by atoms with Gasteiger partial charge in [-0.2, -0.15) is 0 Å². The number of carbonyl (C=O) groups excluding carboxylic acids is 2. The van der Waals surface area contributed by atoms with E-state index in [0.29, 0.717) is 22.9 Å². The van der Waals surface area contributed by atoms with E-state index in [1.807, 2.05) is 36.1 Å². The third-order valence-electron chi connectivity index (χ3n) is 5.38. The molecule has 7 heteroatoms. The highest BCUT2D eigenvalue weighted by Gasteiger charge is 2.55. The van der Waals surface area contributed by atoms with Gasteiger partial charge >= 0.3 is 11.9 Å². The van der Waals surface area contributed by atoms with Crippen LogP contribution in [-0.4, -0.2) is 37.8 Å².